The second-order valence-corrected chi connectivity index (χ2v) is 5.36. The third-order valence-electron chi connectivity index (χ3n) is 4.05. The number of allylic oxidation sites excluding steroid dienone is 2. The summed E-state index contributed by atoms with van der Waals surface area (Å²) in [6, 6.07) is 0. The zero-order chi connectivity index (χ0) is 14.9. The molecule has 0 N–H and O–H groups in total. The fraction of sp³-hybridized carbons (Fsp3) is 0.769. The Labute approximate surface area is 113 Å². The SMILES string of the molecule is O=C(OCC1CC2C=CC1C2)C(F)(F)C(CF)C(F)F. The standard InChI is InChI=1S/C13H15F5O2/c14-5-10(11(15)16)13(17,18)12(19)20-6-9-4-7-1-2-8(9)3-7/h1-2,7-11H,3-6H2. The first-order chi connectivity index (χ1) is 9.36. The van der Waals surface area contributed by atoms with E-state index in [2.05, 4.69) is 4.74 Å². The number of fused-ring (bicyclic) bond motifs is 2. The summed E-state index contributed by atoms with van der Waals surface area (Å²) >= 11 is 0. The van der Waals surface area contributed by atoms with E-state index in [0.29, 0.717) is 5.92 Å². The van der Waals surface area contributed by atoms with Crippen molar-refractivity contribution in [2.24, 2.45) is 23.7 Å². The molecule has 0 spiro atoms. The number of alkyl halides is 5. The normalized spacial score (nSPS) is 30.0. The van der Waals surface area contributed by atoms with Gasteiger partial charge in [0.05, 0.1) is 6.61 Å². The van der Waals surface area contributed by atoms with Crippen molar-refractivity contribution in [1.82, 2.24) is 0 Å². The minimum Gasteiger partial charge on any atom is -0.461 e. The van der Waals surface area contributed by atoms with Crippen molar-refractivity contribution in [3.63, 3.8) is 0 Å². The largest absolute Gasteiger partial charge is 0.461 e. The van der Waals surface area contributed by atoms with Crippen LogP contribution in [0, 0.1) is 23.7 Å². The van der Waals surface area contributed by atoms with Crippen LogP contribution < -0.4 is 0 Å². The first kappa shape index (κ1) is 15.3. The van der Waals surface area contributed by atoms with Gasteiger partial charge in [-0.05, 0) is 30.6 Å². The fourth-order valence-electron chi connectivity index (χ4n) is 2.84. The van der Waals surface area contributed by atoms with E-state index in [9.17, 15) is 26.7 Å². The molecule has 2 nitrogen and oxygen atoms in total. The van der Waals surface area contributed by atoms with Crippen LogP contribution in [0.5, 0.6) is 0 Å². The molecule has 0 aliphatic heterocycles. The predicted octanol–water partition coefficient (Wildman–Crippen LogP) is 3.23. The van der Waals surface area contributed by atoms with Crippen LogP contribution in [-0.2, 0) is 9.53 Å². The lowest BCUT2D eigenvalue weighted by Crippen LogP contribution is -2.44. The van der Waals surface area contributed by atoms with E-state index >= 15 is 0 Å². The fourth-order valence-corrected chi connectivity index (χ4v) is 2.84. The minimum atomic E-state index is -4.50. The van der Waals surface area contributed by atoms with Crippen molar-refractivity contribution < 1.29 is 31.5 Å². The van der Waals surface area contributed by atoms with Gasteiger partial charge >= 0.3 is 11.9 Å². The van der Waals surface area contributed by atoms with Gasteiger partial charge in [0.25, 0.3) is 0 Å². The number of hydrogen-bond donors (Lipinski definition) is 0. The second-order valence-electron chi connectivity index (χ2n) is 5.36. The summed E-state index contributed by atoms with van der Waals surface area (Å²) in [6.07, 6.45) is 2.01. The van der Waals surface area contributed by atoms with E-state index in [0.717, 1.165) is 12.8 Å². The van der Waals surface area contributed by atoms with Crippen LogP contribution in [0.2, 0.25) is 0 Å². The Morgan fingerprint density at radius 3 is 2.45 bits per heavy atom. The maximum Gasteiger partial charge on any atom is 0.377 e. The lowest BCUT2D eigenvalue weighted by atomic mass is 9.94. The number of hydrogen-bond acceptors (Lipinski definition) is 2. The molecule has 2 aliphatic carbocycles. The van der Waals surface area contributed by atoms with E-state index in [1.54, 1.807) is 0 Å². The molecule has 114 valence electrons. The summed E-state index contributed by atoms with van der Waals surface area (Å²) in [7, 11) is 0. The van der Waals surface area contributed by atoms with Crippen LogP contribution in [0.15, 0.2) is 12.2 Å². The number of rotatable bonds is 6. The summed E-state index contributed by atoms with van der Waals surface area (Å²) in [6.45, 7) is -2.21. The minimum absolute atomic E-state index is 0.0554. The van der Waals surface area contributed by atoms with Crippen molar-refractivity contribution in [1.29, 1.82) is 0 Å². The van der Waals surface area contributed by atoms with Crippen LogP contribution in [-0.4, -0.2) is 31.6 Å². The van der Waals surface area contributed by atoms with Crippen LogP contribution in [0.4, 0.5) is 22.0 Å². The monoisotopic (exact) mass is 298 g/mol. The van der Waals surface area contributed by atoms with Crippen molar-refractivity contribution in [2.75, 3.05) is 13.3 Å². The number of carbonyl (C=O) groups is 1. The van der Waals surface area contributed by atoms with Gasteiger partial charge < -0.3 is 4.74 Å². The van der Waals surface area contributed by atoms with Gasteiger partial charge in [-0.1, -0.05) is 12.2 Å². The predicted molar refractivity (Wildman–Crippen MR) is 60.2 cm³/mol. The maximum atomic E-state index is 13.4. The van der Waals surface area contributed by atoms with Crippen LogP contribution in [0.3, 0.4) is 0 Å². The summed E-state index contributed by atoms with van der Waals surface area (Å²) in [5.74, 6) is -9.00. The molecule has 20 heavy (non-hydrogen) atoms. The summed E-state index contributed by atoms with van der Waals surface area (Å²) < 4.78 is 68.0. The van der Waals surface area contributed by atoms with Crippen LogP contribution in [0.25, 0.3) is 0 Å². The Balaban J connectivity index is 1.89. The highest BCUT2D eigenvalue weighted by molar-refractivity contribution is 5.78. The smallest absolute Gasteiger partial charge is 0.377 e. The third kappa shape index (κ3) is 2.81. The van der Waals surface area contributed by atoms with Gasteiger partial charge in [0.15, 0.2) is 0 Å². The summed E-state index contributed by atoms with van der Waals surface area (Å²) in [5.41, 5.74) is 0. The molecular formula is C13H15F5O2. The number of halogens is 5. The van der Waals surface area contributed by atoms with Crippen molar-refractivity contribution in [2.45, 2.75) is 25.2 Å². The molecule has 0 aromatic rings. The molecule has 0 aromatic heterocycles. The van der Waals surface area contributed by atoms with Crippen molar-refractivity contribution in [3.8, 4) is 0 Å². The van der Waals surface area contributed by atoms with Crippen molar-refractivity contribution in [3.05, 3.63) is 12.2 Å². The molecule has 0 saturated heterocycles. The molecular weight excluding hydrogens is 283 g/mol. The highest BCUT2D eigenvalue weighted by Gasteiger charge is 2.53. The van der Waals surface area contributed by atoms with Gasteiger partial charge in [-0.25, -0.2) is 13.6 Å². The Bertz CT molecular complexity index is 396. The number of esters is 1. The lowest BCUT2D eigenvalue weighted by molar-refractivity contribution is -0.193. The molecule has 0 heterocycles. The Morgan fingerprint density at radius 2 is 2.00 bits per heavy atom. The first-order valence-electron chi connectivity index (χ1n) is 6.43. The van der Waals surface area contributed by atoms with Crippen LogP contribution in [0.1, 0.15) is 12.8 Å². The molecule has 0 aromatic carbocycles. The molecule has 7 heteroatoms. The Kier molecular flexibility index (Phi) is 4.34. The van der Waals surface area contributed by atoms with Gasteiger partial charge in [0.2, 0.25) is 6.43 Å². The third-order valence-corrected chi connectivity index (χ3v) is 4.05. The van der Waals surface area contributed by atoms with E-state index in [1.165, 1.54) is 0 Å². The van der Waals surface area contributed by atoms with Gasteiger partial charge in [-0.3, -0.25) is 4.39 Å². The molecule has 0 amide bonds. The highest BCUT2D eigenvalue weighted by Crippen LogP contribution is 2.43. The quantitative estimate of drug-likeness (QED) is 0.427. The van der Waals surface area contributed by atoms with E-state index in [4.69, 9.17) is 0 Å². The molecule has 2 rings (SSSR count). The highest BCUT2D eigenvalue weighted by atomic mass is 19.3. The molecule has 4 unspecified atom stereocenters. The molecule has 2 bridgehead atoms. The number of carbonyl (C=O) groups excluding carboxylic acids is 1. The zero-order valence-electron chi connectivity index (χ0n) is 10.6. The lowest BCUT2D eigenvalue weighted by Gasteiger charge is -2.24. The van der Waals surface area contributed by atoms with E-state index in [-0.39, 0.29) is 18.4 Å². The molecule has 0 radical (unpaired) electrons. The maximum absolute atomic E-state index is 13.4. The van der Waals surface area contributed by atoms with Gasteiger partial charge in [-0.2, -0.15) is 8.78 Å². The average Bonchev–Trinajstić information content (AvgIpc) is 2.97. The van der Waals surface area contributed by atoms with Gasteiger partial charge in [0.1, 0.15) is 12.6 Å². The Morgan fingerprint density at radius 1 is 1.30 bits per heavy atom. The summed E-state index contributed by atoms with van der Waals surface area (Å²) in [4.78, 5) is 11.2. The molecule has 1 saturated carbocycles. The summed E-state index contributed by atoms with van der Waals surface area (Å²) in [5, 5.41) is 0. The number of ether oxygens (including phenoxy) is 1. The van der Waals surface area contributed by atoms with E-state index in [1.807, 2.05) is 12.2 Å². The topological polar surface area (TPSA) is 26.3 Å². The second kappa shape index (κ2) is 5.69. The van der Waals surface area contributed by atoms with Crippen LogP contribution >= 0.6 is 0 Å². The van der Waals surface area contributed by atoms with Gasteiger partial charge in [0, 0.05) is 0 Å². The first-order valence-corrected chi connectivity index (χ1v) is 6.43. The molecule has 1 fully saturated rings. The van der Waals surface area contributed by atoms with Crippen molar-refractivity contribution >= 4 is 5.97 Å². The molecule has 2 aliphatic rings. The van der Waals surface area contributed by atoms with Gasteiger partial charge in [-0.15, -0.1) is 0 Å². The Hall–Kier alpha value is -1.14. The van der Waals surface area contributed by atoms with E-state index < -0.39 is 30.9 Å². The zero-order valence-corrected chi connectivity index (χ0v) is 10.6. The molecule has 4 atom stereocenters. The average molecular weight is 298 g/mol.